The molecule has 0 aliphatic rings. The quantitative estimate of drug-likeness (QED) is 0.852. The summed E-state index contributed by atoms with van der Waals surface area (Å²) in [5, 5.41) is 3.96. The van der Waals surface area contributed by atoms with Gasteiger partial charge in [0.25, 0.3) is 0 Å². The second-order valence-corrected chi connectivity index (χ2v) is 3.92. The summed E-state index contributed by atoms with van der Waals surface area (Å²) in [5.41, 5.74) is 6.55. The molecule has 5 heteroatoms. The van der Waals surface area contributed by atoms with Crippen molar-refractivity contribution >= 4 is 0 Å². The molecule has 0 aliphatic heterocycles. The van der Waals surface area contributed by atoms with E-state index in [-0.39, 0.29) is 5.92 Å². The molecule has 90 valence electrons. The monoisotopic (exact) mass is 232 g/mol. The van der Waals surface area contributed by atoms with Crippen molar-refractivity contribution in [3.8, 4) is 11.4 Å². The van der Waals surface area contributed by atoms with Crippen LogP contribution in [0.5, 0.6) is 0 Å². The van der Waals surface area contributed by atoms with E-state index in [1.165, 1.54) is 0 Å². The van der Waals surface area contributed by atoms with Crippen molar-refractivity contribution in [2.75, 3.05) is 6.54 Å². The molecule has 1 atom stereocenters. The zero-order chi connectivity index (χ0) is 12.1. The summed E-state index contributed by atoms with van der Waals surface area (Å²) < 4.78 is 5.26. The Bertz CT molecular complexity index is 455. The normalized spacial score (nSPS) is 12.6. The summed E-state index contributed by atoms with van der Waals surface area (Å²) >= 11 is 0. The maximum Gasteiger partial charge on any atom is 0.231 e. The van der Waals surface area contributed by atoms with E-state index in [0.717, 1.165) is 18.4 Å². The summed E-state index contributed by atoms with van der Waals surface area (Å²) in [7, 11) is 0. The summed E-state index contributed by atoms with van der Waals surface area (Å²) in [4.78, 5) is 8.40. The Balaban J connectivity index is 2.21. The lowest BCUT2D eigenvalue weighted by Gasteiger charge is -2.06. The van der Waals surface area contributed by atoms with Gasteiger partial charge in [-0.05, 0) is 18.6 Å². The maximum atomic E-state index is 5.70. The van der Waals surface area contributed by atoms with Crippen LogP contribution in [0.4, 0.5) is 0 Å². The molecule has 0 bridgehead atoms. The van der Waals surface area contributed by atoms with Gasteiger partial charge in [0.1, 0.15) is 0 Å². The van der Waals surface area contributed by atoms with Crippen molar-refractivity contribution in [3.63, 3.8) is 0 Å². The van der Waals surface area contributed by atoms with Crippen LogP contribution >= 0.6 is 0 Å². The average Bonchev–Trinajstić information content (AvgIpc) is 2.86. The van der Waals surface area contributed by atoms with Gasteiger partial charge in [0.2, 0.25) is 11.7 Å². The Hall–Kier alpha value is -1.75. The zero-order valence-electron chi connectivity index (χ0n) is 9.84. The third-order valence-corrected chi connectivity index (χ3v) is 2.63. The number of rotatable bonds is 5. The van der Waals surface area contributed by atoms with Crippen LogP contribution in [0.2, 0.25) is 0 Å². The highest BCUT2D eigenvalue weighted by molar-refractivity contribution is 5.51. The number of hydrogen-bond acceptors (Lipinski definition) is 5. The average molecular weight is 232 g/mol. The lowest BCUT2D eigenvalue weighted by Crippen LogP contribution is -2.12. The van der Waals surface area contributed by atoms with Gasteiger partial charge in [-0.15, -0.1) is 0 Å². The molecule has 2 aromatic rings. The minimum Gasteiger partial charge on any atom is -0.339 e. The van der Waals surface area contributed by atoms with Crippen LogP contribution in [0.15, 0.2) is 29.0 Å². The van der Waals surface area contributed by atoms with Crippen LogP contribution in [0.1, 0.15) is 31.6 Å². The third-order valence-electron chi connectivity index (χ3n) is 2.63. The lowest BCUT2D eigenvalue weighted by molar-refractivity contribution is 0.347. The third kappa shape index (κ3) is 2.68. The van der Waals surface area contributed by atoms with Crippen LogP contribution in [-0.2, 0) is 0 Å². The largest absolute Gasteiger partial charge is 0.339 e. The zero-order valence-corrected chi connectivity index (χ0v) is 9.84. The molecular weight excluding hydrogens is 216 g/mol. The Morgan fingerprint density at radius 1 is 1.47 bits per heavy atom. The molecular formula is C12H16N4O. The topological polar surface area (TPSA) is 77.8 Å². The van der Waals surface area contributed by atoms with Crippen molar-refractivity contribution in [1.29, 1.82) is 0 Å². The molecule has 0 saturated heterocycles. The van der Waals surface area contributed by atoms with Gasteiger partial charge in [-0.2, -0.15) is 4.98 Å². The van der Waals surface area contributed by atoms with Gasteiger partial charge < -0.3 is 10.3 Å². The molecule has 0 radical (unpaired) electrons. The van der Waals surface area contributed by atoms with Crippen LogP contribution < -0.4 is 5.73 Å². The summed E-state index contributed by atoms with van der Waals surface area (Å²) in [6.45, 7) is 2.64. The number of nitrogens with two attached hydrogens (primary N) is 1. The Morgan fingerprint density at radius 2 is 2.35 bits per heavy atom. The highest BCUT2D eigenvalue weighted by Crippen LogP contribution is 2.21. The fourth-order valence-electron chi connectivity index (χ4n) is 1.70. The van der Waals surface area contributed by atoms with E-state index in [4.69, 9.17) is 10.3 Å². The minimum absolute atomic E-state index is 0.151. The van der Waals surface area contributed by atoms with E-state index >= 15 is 0 Å². The maximum absolute atomic E-state index is 5.70. The van der Waals surface area contributed by atoms with Crippen molar-refractivity contribution in [1.82, 2.24) is 15.1 Å². The molecule has 0 aromatic carbocycles. The van der Waals surface area contributed by atoms with Gasteiger partial charge in [0.15, 0.2) is 0 Å². The van der Waals surface area contributed by atoms with Crippen LogP contribution in [0.3, 0.4) is 0 Å². The van der Waals surface area contributed by atoms with E-state index < -0.39 is 0 Å². The first kappa shape index (κ1) is 11.7. The lowest BCUT2D eigenvalue weighted by atomic mass is 10.0. The first-order chi connectivity index (χ1) is 8.35. The number of pyridine rings is 1. The molecule has 0 fully saturated rings. The van der Waals surface area contributed by atoms with Gasteiger partial charge in [-0.3, -0.25) is 4.98 Å². The summed E-state index contributed by atoms with van der Waals surface area (Å²) in [6.07, 6.45) is 5.44. The Labute approximate surface area is 100 Å². The van der Waals surface area contributed by atoms with Crippen molar-refractivity contribution in [2.45, 2.75) is 25.7 Å². The molecule has 0 saturated carbocycles. The highest BCUT2D eigenvalue weighted by Gasteiger charge is 2.17. The number of nitrogens with zero attached hydrogens (tertiary/aromatic N) is 3. The number of aromatic nitrogens is 3. The molecule has 0 spiro atoms. The van der Waals surface area contributed by atoms with E-state index in [2.05, 4.69) is 22.0 Å². The fourth-order valence-corrected chi connectivity index (χ4v) is 1.70. The standard InChI is InChI=1S/C12H16N4O/c1-2-4-9(7-13)12-15-11(16-17-12)10-5-3-6-14-8-10/h3,5-6,8-9H,2,4,7,13H2,1H3. The van der Waals surface area contributed by atoms with Crippen molar-refractivity contribution < 1.29 is 4.52 Å². The molecule has 0 aliphatic carbocycles. The second-order valence-electron chi connectivity index (χ2n) is 3.92. The molecule has 17 heavy (non-hydrogen) atoms. The number of hydrogen-bond donors (Lipinski definition) is 1. The van der Waals surface area contributed by atoms with E-state index in [1.807, 2.05) is 12.1 Å². The smallest absolute Gasteiger partial charge is 0.231 e. The molecule has 2 aromatic heterocycles. The molecule has 5 nitrogen and oxygen atoms in total. The molecule has 2 heterocycles. The minimum atomic E-state index is 0.151. The molecule has 2 N–H and O–H groups in total. The summed E-state index contributed by atoms with van der Waals surface area (Å²) in [6, 6.07) is 3.75. The SMILES string of the molecule is CCCC(CN)c1nc(-c2cccnc2)no1. The van der Waals surface area contributed by atoms with Crippen molar-refractivity contribution in [3.05, 3.63) is 30.4 Å². The van der Waals surface area contributed by atoms with Crippen LogP contribution in [-0.4, -0.2) is 21.7 Å². The van der Waals surface area contributed by atoms with E-state index in [9.17, 15) is 0 Å². The highest BCUT2D eigenvalue weighted by atomic mass is 16.5. The second kappa shape index (κ2) is 5.54. The van der Waals surface area contributed by atoms with Crippen LogP contribution in [0.25, 0.3) is 11.4 Å². The van der Waals surface area contributed by atoms with Crippen molar-refractivity contribution in [2.24, 2.45) is 5.73 Å². The van der Waals surface area contributed by atoms with Gasteiger partial charge in [-0.25, -0.2) is 0 Å². The van der Waals surface area contributed by atoms with Gasteiger partial charge in [0, 0.05) is 24.5 Å². The molecule has 2 rings (SSSR count). The molecule has 0 amide bonds. The predicted molar refractivity (Wildman–Crippen MR) is 64.2 cm³/mol. The Morgan fingerprint density at radius 3 is 3.00 bits per heavy atom. The van der Waals surface area contributed by atoms with E-state index in [1.54, 1.807) is 12.4 Å². The predicted octanol–water partition coefficient (Wildman–Crippen LogP) is 1.97. The van der Waals surface area contributed by atoms with Gasteiger partial charge in [0.05, 0.1) is 5.92 Å². The van der Waals surface area contributed by atoms with E-state index in [0.29, 0.717) is 18.3 Å². The molecule has 1 unspecified atom stereocenters. The van der Waals surface area contributed by atoms with Gasteiger partial charge in [-0.1, -0.05) is 18.5 Å². The first-order valence-corrected chi connectivity index (χ1v) is 5.79. The van der Waals surface area contributed by atoms with Gasteiger partial charge >= 0.3 is 0 Å². The first-order valence-electron chi connectivity index (χ1n) is 5.79. The Kier molecular flexibility index (Phi) is 3.82. The van der Waals surface area contributed by atoms with Crippen LogP contribution in [0, 0.1) is 0 Å². The summed E-state index contributed by atoms with van der Waals surface area (Å²) in [5.74, 6) is 1.34. The fraction of sp³-hybridized carbons (Fsp3) is 0.417.